The minimum Gasteiger partial charge on any atom is -0.343 e. The molecule has 0 bridgehead atoms. The average Bonchev–Trinajstić information content (AvgIpc) is 3.28. The van der Waals surface area contributed by atoms with Crippen LogP contribution in [-0.4, -0.2) is 69.2 Å². The van der Waals surface area contributed by atoms with Gasteiger partial charge in [0.25, 0.3) is 0 Å². The summed E-state index contributed by atoms with van der Waals surface area (Å²) in [4.78, 5) is 37.3. The third-order valence-corrected chi connectivity index (χ3v) is 7.29. The number of hydrogen-bond donors (Lipinski definition) is 3. The van der Waals surface area contributed by atoms with E-state index in [1.54, 1.807) is 19.3 Å². The summed E-state index contributed by atoms with van der Waals surface area (Å²) >= 11 is 0. The first-order chi connectivity index (χ1) is 16.5. The van der Waals surface area contributed by atoms with Gasteiger partial charge >= 0.3 is 0 Å². The molecule has 3 heterocycles. The molecule has 1 fully saturated rings. The molecule has 1 atom stereocenters. The first kappa shape index (κ1) is 24.9. The van der Waals surface area contributed by atoms with Gasteiger partial charge in [-0.15, -0.1) is 0 Å². The Hall–Kier alpha value is -3.25. The summed E-state index contributed by atoms with van der Waals surface area (Å²) in [7, 11) is -1.86. The molecular weight excluding hydrogens is 470 g/mol. The van der Waals surface area contributed by atoms with Gasteiger partial charge in [-0.2, -0.15) is 4.98 Å². The largest absolute Gasteiger partial charge is 0.343 e. The number of carbonyl (C=O) groups is 2. The third kappa shape index (κ3) is 5.70. The highest BCUT2D eigenvalue weighted by atomic mass is 32.2. The summed E-state index contributed by atoms with van der Waals surface area (Å²) in [5, 5.41) is 9.12. The van der Waals surface area contributed by atoms with Gasteiger partial charge in [-0.1, -0.05) is 0 Å². The highest BCUT2D eigenvalue weighted by molar-refractivity contribution is 7.90. The van der Waals surface area contributed by atoms with Gasteiger partial charge in [-0.05, 0) is 57.5 Å². The Kier molecular flexibility index (Phi) is 6.95. The number of anilines is 5. The fourth-order valence-corrected chi connectivity index (χ4v) is 4.89. The number of fused-ring (bicyclic) bond motifs is 1. The smallest absolute Gasteiger partial charge is 0.246 e. The molecule has 3 N–H and O–H groups in total. The monoisotopic (exact) mass is 501 g/mol. The molecular formula is C23H31N7O4S. The van der Waals surface area contributed by atoms with Gasteiger partial charge in [0.2, 0.25) is 17.8 Å². The second-order valence-corrected chi connectivity index (χ2v) is 11.3. The molecule has 2 amide bonds. The normalized spacial score (nSPS) is 18.1. The van der Waals surface area contributed by atoms with Crippen LogP contribution in [0.5, 0.6) is 0 Å². The predicted octanol–water partition coefficient (Wildman–Crippen LogP) is 1.75. The first-order valence-corrected chi connectivity index (χ1v) is 13.4. The van der Waals surface area contributed by atoms with E-state index >= 15 is 0 Å². The van der Waals surface area contributed by atoms with Crippen molar-refractivity contribution in [3.8, 4) is 0 Å². The Labute approximate surface area is 205 Å². The number of rotatable bonds is 7. The van der Waals surface area contributed by atoms with E-state index in [0.29, 0.717) is 29.3 Å². The number of aromatic nitrogens is 2. The molecule has 188 valence electrons. The molecule has 1 aromatic carbocycles. The Morgan fingerprint density at radius 2 is 2.00 bits per heavy atom. The van der Waals surface area contributed by atoms with Crippen LogP contribution in [0, 0.1) is 5.92 Å². The molecule has 2 aliphatic rings. The number of nitrogens with one attached hydrogen (secondary N) is 3. The van der Waals surface area contributed by atoms with Gasteiger partial charge in [0.15, 0.2) is 15.7 Å². The second-order valence-electron chi connectivity index (χ2n) is 9.33. The van der Waals surface area contributed by atoms with Crippen molar-refractivity contribution in [3.63, 3.8) is 0 Å². The molecule has 35 heavy (non-hydrogen) atoms. The zero-order valence-electron chi connectivity index (χ0n) is 20.3. The number of carbonyl (C=O) groups excluding carboxylic acids is 2. The molecule has 0 spiro atoms. The molecule has 0 aliphatic carbocycles. The Balaban J connectivity index is 1.62. The molecule has 4 rings (SSSR count). The Morgan fingerprint density at radius 1 is 1.26 bits per heavy atom. The van der Waals surface area contributed by atoms with E-state index in [2.05, 4.69) is 25.9 Å². The fourth-order valence-electron chi connectivity index (χ4n) is 4.21. The molecule has 2 aromatic rings. The van der Waals surface area contributed by atoms with Gasteiger partial charge < -0.3 is 25.8 Å². The molecule has 0 saturated carbocycles. The van der Waals surface area contributed by atoms with E-state index in [1.807, 2.05) is 18.7 Å². The minimum absolute atomic E-state index is 0.0413. The number of sulfone groups is 1. The van der Waals surface area contributed by atoms with Crippen LogP contribution in [0.1, 0.15) is 26.7 Å². The lowest BCUT2D eigenvalue weighted by Crippen LogP contribution is -2.47. The van der Waals surface area contributed by atoms with Crippen molar-refractivity contribution >= 4 is 50.5 Å². The van der Waals surface area contributed by atoms with E-state index < -0.39 is 9.84 Å². The Bertz CT molecular complexity index is 1240. The SMILES string of the molecule is CC(C)N1CC(=O)N(C)c2cnc(Nc3cc(NC(=O)CC4CCNC4)cc(S(C)(=O)=O)c3)nc21. The highest BCUT2D eigenvalue weighted by Gasteiger charge is 2.30. The van der Waals surface area contributed by atoms with Gasteiger partial charge in [0, 0.05) is 37.1 Å². The summed E-state index contributed by atoms with van der Waals surface area (Å²) in [6, 6.07) is 4.61. The molecule has 1 aromatic heterocycles. The van der Waals surface area contributed by atoms with Crippen molar-refractivity contribution in [2.24, 2.45) is 5.92 Å². The lowest BCUT2D eigenvalue weighted by Gasteiger charge is -2.36. The Morgan fingerprint density at radius 3 is 2.66 bits per heavy atom. The van der Waals surface area contributed by atoms with Crippen molar-refractivity contribution in [3.05, 3.63) is 24.4 Å². The first-order valence-electron chi connectivity index (χ1n) is 11.5. The summed E-state index contributed by atoms with van der Waals surface area (Å²) in [6.07, 6.45) is 3.98. The van der Waals surface area contributed by atoms with Crippen molar-refractivity contribution in [1.29, 1.82) is 0 Å². The minimum atomic E-state index is -3.54. The molecule has 11 nitrogen and oxygen atoms in total. The van der Waals surface area contributed by atoms with E-state index in [9.17, 15) is 18.0 Å². The quantitative estimate of drug-likeness (QED) is 0.518. The van der Waals surface area contributed by atoms with Crippen molar-refractivity contribution < 1.29 is 18.0 Å². The van der Waals surface area contributed by atoms with Gasteiger partial charge in [0.1, 0.15) is 5.69 Å². The maximum absolute atomic E-state index is 12.5. The van der Waals surface area contributed by atoms with Crippen LogP contribution in [-0.2, 0) is 19.4 Å². The van der Waals surface area contributed by atoms with Gasteiger partial charge in [-0.3, -0.25) is 9.59 Å². The van der Waals surface area contributed by atoms with Gasteiger partial charge in [0.05, 0.1) is 17.6 Å². The molecule has 12 heteroatoms. The van der Waals surface area contributed by atoms with E-state index in [-0.39, 0.29) is 41.2 Å². The van der Waals surface area contributed by atoms with Crippen LogP contribution in [0.3, 0.4) is 0 Å². The standard InChI is InChI=1S/C23H31N7O4S/c1-14(2)30-13-21(32)29(3)19-12-25-23(28-22(19)30)27-17-8-16(9-18(10-17)35(4,33)34)26-20(31)7-15-5-6-24-11-15/h8-10,12,14-15,24H,5-7,11,13H2,1-4H3,(H,26,31)(H,25,27,28). The molecule has 2 aliphatic heterocycles. The number of nitrogens with zero attached hydrogens (tertiary/aromatic N) is 4. The molecule has 1 unspecified atom stereocenters. The van der Waals surface area contributed by atoms with Gasteiger partial charge in [-0.25, -0.2) is 13.4 Å². The van der Waals surface area contributed by atoms with E-state index in [4.69, 9.17) is 0 Å². The van der Waals surface area contributed by atoms with Crippen molar-refractivity contribution in [1.82, 2.24) is 15.3 Å². The highest BCUT2D eigenvalue weighted by Crippen LogP contribution is 2.33. The van der Waals surface area contributed by atoms with Crippen LogP contribution in [0.25, 0.3) is 0 Å². The number of hydrogen-bond acceptors (Lipinski definition) is 9. The maximum atomic E-state index is 12.5. The van der Waals surface area contributed by atoms with Crippen LogP contribution in [0.4, 0.5) is 28.8 Å². The number of amides is 2. The fraction of sp³-hybridized carbons (Fsp3) is 0.478. The summed E-state index contributed by atoms with van der Waals surface area (Å²) in [5.41, 5.74) is 1.39. The zero-order chi connectivity index (χ0) is 25.3. The third-order valence-electron chi connectivity index (χ3n) is 6.20. The van der Waals surface area contributed by atoms with Crippen LogP contribution >= 0.6 is 0 Å². The van der Waals surface area contributed by atoms with Crippen molar-refractivity contribution in [2.75, 3.05) is 53.4 Å². The zero-order valence-corrected chi connectivity index (χ0v) is 21.1. The summed E-state index contributed by atoms with van der Waals surface area (Å²) in [5.74, 6) is 0.906. The van der Waals surface area contributed by atoms with Crippen molar-refractivity contribution in [2.45, 2.75) is 37.6 Å². The number of benzene rings is 1. The van der Waals surface area contributed by atoms with E-state index in [0.717, 1.165) is 25.8 Å². The average molecular weight is 502 g/mol. The van der Waals surface area contributed by atoms with E-state index in [1.165, 1.54) is 17.0 Å². The van der Waals surface area contributed by atoms with Crippen LogP contribution in [0.15, 0.2) is 29.3 Å². The topological polar surface area (TPSA) is 137 Å². The molecule has 0 radical (unpaired) electrons. The maximum Gasteiger partial charge on any atom is 0.246 e. The number of likely N-dealkylation sites (N-methyl/N-ethyl adjacent to an activating group) is 1. The second kappa shape index (κ2) is 9.78. The van der Waals surface area contributed by atoms with Crippen LogP contribution < -0.4 is 25.8 Å². The molecule has 1 saturated heterocycles. The summed E-state index contributed by atoms with van der Waals surface area (Å²) in [6.45, 7) is 5.85. The predicted molar refractivity (Wildman–Crippen MR) is 135 cm³/mol. The summed E-state index contributed by atoms with van der Waals surface area (Å²) < 4.78 is 24.6. The van der Waals surface area contributed by atoms with Crippen LogP contribution in [0.2, 0.25) is 0 Å². The lowest BCUT2D eigenvalue weighted by molar-refractivity contribution is -0.118. The lowest BCUT2D eigenvalue weighted by atomic mass is 10.0.